The maximum absolute atomic E-state index is 12.4. The van der Waals surface area contributed by atoms with Gasteiger partial charge in [-0.15, -0.1) is 0 Å². The number of anilines is 1. The van der Waals surface area contributed by atoms with E-state index in [2.05, 4.69) is 5.32 Å². The summed E-state index contributed by atoms with van der Waals surface area (Å²) in [5, 5.41) is 2.80. The van der Waals surface area contributed by atoms with Gasteiger partial charge in [0.25, 0.3) is 5.91 Å². The summed E-state index contributed by atoms with van der Waals surface area (Å²) in [6.45, 7) is 5.49. The minimum Gasteiger partial charge on any atom is -0.496 e. The minimum absolute atomic E-state index is 0.175. The van der Waals surface area contributed by atoms with Crippen LogP contribution in [0.3, 0.4) is 0 Å². The number of hydrogen-bond donors (Lipinski definition) is 1. The highest BCUT2D eigenvalue weighted by Gasteiger charge is 2.14. The zero-order valence-electron chi connectivity index (χ0n) is 14.3. The van der Waals surface area contributed by atoms with E-state index in [-0.39, 0.29) is 18.0 Å². The molecule has 0 aliphatic carbocycles. The monoisotopic (exact) mass is 327 g/mol. The number of hydrogen-bond acceptors (Lipinski definition) is 4. The van der Waals surface area contributed by atoms with Crippen molar-refractivity contribution in [2.45, 2.75) is 26.9 Å². The number of benzene rings is 2. The summed E-state index contributed by atoms with van der Waals surface area (Å²) < 4.78 is 10.4. The second-order valence-electron chi connectivity index (χ2n) is 5.69. The molecule has 2 aromatic rings. The van der Waals surface area contributed by atoms with Crippen molar-refractivity contribution in [2.24, 2.45) is 0 Å². The number of carbonyl (C=O) groups is 2. The molecule has 0 bridgehead atoms. The van der Waals surface area contributed by atoms with Crippen molar-refractivity contribution in [1.82, 2.24) is 0 Å². The van der Waals surface area contributed by atoms with Crippen LogP contribution in [0.1, 0.15) is 40.1 Å². The smallest absolute Gasteiger partial charge is 0.338 e. The van der Waals surface area contributed by atoms with Gasteiger partial charge in [0.1, 0.15) is 5.75 Å². The SMILES string of the molecule is COc1ccc(C)cc1C(=O)Nc1ccc(C(=O)OC(C)C)cc1. The van der Waals surface area contributed by atoms with Crippen molar-refractivity contribution >= 4 is 17.6 Å². The number of esters is 1. The molecule has 2 aromatic carbocycles. The van der Waals surface area contributed by atoms with E-state index in [1.165, 1.54) is 7.11 Å². The van der Waals surface area contributed by atoms with Crippen LogP contribution in [0.2, 0.25) is 0 Å². The van der Waals surface area contributed by atoms with Gasteiger partial charge in [0.15, 0.2) is 0 Å². The number of methoxy groups -OCH3 is 1. The molecule has 0 atom stereocenters. The number of amides is 1. The Morgan fingerprint density at radius 3 is 2.29 bits per heavy atom. The highest BCUT2D eigenvalue weighted by molar-refractivity contribution is 6.06. The molecule has 126 valence electrons. The van der Waals surface area contributed by atoms with Crippen LogP contribution in [0.4, 0.5) is 5.69 Å². The van der Waals surface area contributed by atoms with Crippen LogP contribution >= 0.6 is 0 Å². The van der Waals surface area contributed by atoms with E-state index in [1.807, 2.05) is 13.0 Å². The fraction of sp³-hybridized carbons (Fsp3) is 0.263. The van der Waals surface area contributed by atoms with Gasteiger partial charge in [-0.1, -0.05) is 11.6 Å². The first-order valence-electron chi connectivity index (χ1n) is 7.67. The fourth-order valence-electron chi connectivity index (χ4n) is 2.17. The predicted octanol–water partition coefficient (Wildman–Crippen LogP) is 3.82. The van der Waals surface area contributed by atoms with Crippen molar-refractivity contribution in [2.75, 3.05) is 12.4 Å². The summed E-state index contributed by atoms with van der Waals surface area (Å²) in [6, 6.07) is 12.0. The lowest BCUT2D eigenvalue weighted by Crippen LogP contribution is -2.14. The third-order valence-corrected chi connectivity index (χ3v) is 3.32. The molecular weight excluding hydrogens is 306 g/mol. The van der Waals surface area contributed by atoms with Crippen LogP contribution in [-0.2, 0) is 4.74 Å². The summed E-state index contributed by atoms with van der Waals surface area (Å²) in [5.74, 6) is -0.147. The van der Waals surface area contributed by atoms with Crippen LogP contribution in [0, 0.1) is 6.92 Å². The number of ether oxygens (including phenoxy) is 2. The van der Waals surface area contributed by atoms with Crippen molar-refractivity contribution in [1.29, 1.82) is 0 Å². The van der Waals surface area contributed by atoms with E-state index < -0.39 is 0 Å². The molecule has 1 amide bonds. The van der Waals surface area contributed by atoms with Gasteiger partial charge in [-0.25, -0.2) is 4.79 Å². The summed E-state index contributed by atoms with van der Waals surface area (Å²) in [5.41, 5.74) is 2.45. The zero-order chi connectivity index (χ0) is 17.7. The molecular formula is C19H21NO4. The van der Waals surface area contributed by atoms with E-state index in [9.17, 15) is 9.59 Å². The normalized spacial score (nSPS) is 10.4. The first-order valence-corrected chi connectivity index (χ1v) is 7.67. The molecule has 0 aromatic heterocycles. The van der Waals surface area contributed by atoms with Gasteiger partial charge in [-0.05, 0) is 57.2 Å². The summed E-state index contributed by atoms with van der Waals surface area (Å²) in [7, 11) is 1.52. The van der Waals surface area contributed by atoms with Crippen LogP contribution < -0.4 is 10.1 Å². The van der Waals surface area contributed by atoms with Crippen molar-refractivity contribution < 1.29 is 19.1 Å². The number of carbonyl (C=O) groups excluding carboxylic acids is 2. The van der Waals surface area contributed by atoms with Crippen molar-refractivity contribution in [3.63, 3.8) is 0 Å². The summed E-state index contributed by atoms with van der Waals surface area (Å²) in [6.07, 6.45) is -0.175. The van der Waals surface area contributed by atoms with E-state index in [0.29, 0.717) is 22.6 Å². The van der Waals surface area contributed by atoms with Gasteiger partial charge in [-0.2, -0.15) is 0 Å². The summed E-state index contributed by atoms with van der Waals surface area (Å²) in [4.78, 5) is 24.2. The van der Waals surface area contributed by atoms with Gasteiger partial charge < -0.3 is 14.8 Å². The Labute approximate surface area is 141 Å². The van der Waals surface area contributed by atoms with Crippen molar-refractivity contribution in [3.05, 3.63) is 59.2 Å². The van der Waals surface area contributed by atoms with Crippen LogP contribution in [0.15, 0.2) is 42.5 Å². The van der Waals surface area contributed by atoms with Crippen LogP contribution in [-0.4, -0.2) is 25.1 Å². The molecule has 0 aliphatic heterocycles. The lowest BCUT2D eigenvalue weighted by atomic mass is 10.1. The zero-order valence-corrected chi connectivity index (χ0v) is 14.3. The van der Waals surface area contributed by atoms with Gasteiger partial charge in [0.05, 0.1) is 24.3 Å². The molecule has 1 N–H and O–H groups in total. The third-order valence-electron chi connectivity index (χ3n) is 3.32. The molecule has 0 heterocycles. The van der Waals surface area contributed by atoms with Gasteiger partial charge in [-0.3, -0.25) is 4.79 Å². The van der Waals surface area contributed by atoms with E-state index in [4.69, 9.17) is 9.47 Å². The third kappa shape index (κ3) is 4.35. The predicted molar refractivity (Wildman–Crippen MR) is 92.7 cm³/mol. The number of nitrogens with one attached hydrogen (secondary N) is 1. The number of aryl methyl sites for hydroxylation is 1. The molecule has 0 unspecified atom stereocenters. The molecule has 24 heavy (non-hydrogen) atoms. The van der Waals surface area contributed by atoms with Crippen molar-refractivity contribution in [3.8, 4) is 5.75 Å². The second kappa shape index (κ2) is 7.64. The van der Waals surface area contributed by atoms with Gasteiger partial charge in [0.2, 0.25) is 0 Å². The molecule has 2 rings (SSSR count). The largest absolute Gasteiger partial charge is 0.496 e. The Bertz CT molecular complexity index is 736. The lowest BCUT2D eigenvalue weighted by molar-refractivity contribution is 0.0378. The van der Waals surface area contributed by atoms with Crippen LogP contribution in [0.25, 0.3) is 0 Å². The summed E-state index contributed by atoms with van der Waals surface area (Å²) >= 11 is 0. The van der Waals surface area contributed by atoms with E-state index in [1.54, 1.807) is 50.2 Å². The average molecular weight is 327 g/mol. The molecule has 0 aliphatic rings. The fourth-order valence-corrected chi connectivity index (χ4v) is 2.17. The topological polar surface area (TPSA) is 64.6 Å². The highest BCUT2D eigenvalue weighted by atomic mass is 16.5. The standard InChI is InChI=1S/C19H21NO4/c1-12(2)24-19(22)14-6-8-15(9-7-14)20-18(21)16-11-13(3)5-10-17(16)23-4/h5-12H,1-4H3,(H,20,21). The maximum atomic E-state index is 12.4. The Morgan fingerprint density at radius 2 is 1.71 bits per heavy atom. The molecule has 5 nitrogen and oxygen atoms in total. The molecule has 0 fully saturated rings. The maximum Gasteiger partial charge on any atom is 0.338 e. The Morgan fingerprint density at radius 1 is 1.04 bits per heavy atom. The highest BCUT2D eigenvalue weighted by Crippen LogP contribution is 2.21. The Balaban J connectivity index is 2.13. The Kier molecular flexibility index (Phi) is 5.58. The second-order valence-corrected chi connectivity index (χ2v) is 5.69. The lowest BCUT2D eigenvalue weighted by Gasteiger charge is -2.11. The molecule has 0 spiro atoms. The Hall–Kier alpha value is -2.82. The number of rotatable bonds is 5. The van der Waals surface area contributed by atoms with Gasteiger partial charge in [0, 0.05) is 5.69 Å². The first kappa shape index (κ1) is 17.5. The average Bonchev–Trinajstić information content (AvgIpc) is 2.54. The first-order chi connectivity index (χ1) is 11.4. The molecule has 5 heteroatoms. The molecule has 0 saturated carbocycles. The molecule has 0 radical (unpaired) electrons. The van der Waals surface area contributed by atoms with Crippen LogP contribution in [0.5, 0.6) is 5.75 Å². The minimum atomic E-state index is -0.386. The quantitative estimate of drug-likeness (QED) is 0.848. The molecule has 0 saturated heterocycles. The van der Waals surface area contributed by atoms with E-state index >= 15 is 0 Å². The van der Waals surface area contributed by atoms with Gasteiger partial charge >= 0.3 is 5.97 Å². The van der Waals surface area contributed by atoms with E-state index in [0.717, 1.165) is 5.56 Å².